The van der Waals surface area contributed by atoms with Gasteiger partial charge in [0.05, 0.1) is 0 Å². The highest BCUT2D eigenvalue weighted by Crippen LogP contribution is 1.96. The Hall–Kier alpha value is 0.510. The van der Waals surface area contributed by atoms with Crippen LogP contribution >= 0.6 is 27.5 Å². The minimum atomic E-state index is 0.561. The third-order valence-electron chi connectivity index (χ3n) is 0.378. The van der Waals surface area contributed by atoms with Gasteiger partial charge in [-0.2, -0.15) is 0 Å². The summed E-state index contributed by atoms with van der Waals surface area (Å²) in [6, 6.07) is 0. The van der Waals surface area contributed by atoms with Gasteiger partial charge in [-0.3, -0.25) is 0 Å². The quantitative estimate of drug-likeness (QED) is 0.439. The number of alkyl halides is 2. The van der Waals surface area contributed by atoms with Crippen LogP contribution in [0.25, 0.3) is 0 Å². The topological polar surface area (TPSA) is 0 Å². The van der Waals surface area contributed by atoms with Gasteiger partial charge in [0.15, 0.2) is 0 Å². The van der Waals surface area contributed by atoms with Crippen molar-refractivity contribution in [2.75, 3.05) is 11.2 Å². The Balaban J connectivity index is 2.99. The number of rotatable bonds is 2. The van der Waals surface area contributed by atoms with E-state index in [2.05, 4.69) is 22.5 Å². The van der Waals surface area contributed by atoms with Crippen LogP contribution in [0.15, 0.2) is 12.2 Å². The molecule has 0 heterocycles. The van der Waals surface area contributed by atoms with Gasteiger partial charge in [-0.05, 0) is 0 Å². The van der Waals surface area contributed by atoms with Gasteiger partial charge in [-0.15, -0.1) is 11.6 Å². The third-order valence-corrected chi connectivity index (χ3v) is 1.55. The van der Waals surface area contributed by atoms with Gasteiger partial charge in [0, 0.05) is 11.2 Å². The lowest BCUT2D eigenvalue weighted by Crippen LogP contribution is -1.78. The summed E-state index contributed by atoms with van der Waals surface area (Å²) in [7, 11) is 0. The monoisotopic (exact) mass is 168 g/mol. The van der Waals surface area contributed by atoms with Crippen LogP contribution in [0.5, 0.6) is 0 Å². The molecule has 0 fully saturated rings. The molecule has 0 aromatic rings. The molecule has 0 saturated heterocycles. The van der Waals surface area contributed by atoms with Crippen molar-refractivity contribution < 1.29 is 0 Å². The highest BCUT2D eigenvalue weighted by Gasteiger charge is 1.81. The smallest absolute Gasteiger partial charge is 0.0439 e. The molecular formula is C4H6BrCl. The summed E-state index contributed by atoms with van der Waals surface area (Å²) in [4.78, 5) is 0. The first-order chi connectivity index (χ1) is 2.81. The molecule has 0 radical (unpaired) electrons. The van der Waals surface area contributed by atoms with E-state index in [1.54, 1.807) is 0 Å². The maximum absolute atomic E-state index is 5.32. The van der Waals surface area contributed by atoms with Crippen molar-refractivity contribution in [2.24, 2.45) is 0 Å². The molecule has 0 unspecified atom stereocenters. The lowest BCUT2D eigenvalue weighted by atomic mass is 10.4. The van der Waals surface area contributed by atoms with E-state index in [0.29, 0.717) is 5.88 Å². The van der Waals surface area contributed by atoms with E-state index in [-0.39, 0.29) is 0 Å². The van der Waals surface area contributed by atoms with Crippen molar-refractivity contribution >= 4 is 27.5 Å². The van der Waals surface area contributed by atoms with Crippen molar-refractivity contribution in [3.63, 3.8) is 0 Å². The molecule has 0 aliphatic rings. The van der Waals surface area contributed by atoms with E-state index in [1.807, 2.05) is 0 Å². The molecule has 2 heteroatoms. The molecule has 0 N–H and O–H groups in total. The van der Waals surface area contributed by atoms with Gasteiger partial charge < -0.3 is 0 Å². The summed E-state index contributed by atoms with van der Waals surface area (Å²) in [5, 5.41) is 0.816. The van der Waals surface area contributed by atoms with E-state index in [1.165, 1.54) is 0 Å². The average Bonchev–Trinajstić information content (AvgIpc) is 1.65. The van der Waals surface area contributed by atoms with Crippen molar-refractivity contribution in [3.05, 3.63) is 12.2 Å². The Morgan fingerprint density at radius 2 is 2.33 bits per heavy atom. The van der Waals surface area contributed by atoms with Crippen LogP contribution in [0.3, 0.4) is 0 Å². The first-order valence-electron chi connectivity index (χ1n) is 1.60. The van der Waals surface area contributed by atoms with Gasteiger partial charge in [-0.25, -0.2) is 0 Å². The molecule has 0 aliphatic heterocycles. The molecule has 6 heavy (non-hydrogen) atoms. The van der Waals surface area contributed by atoms with Crippen LogP contribution in [-0.4, -0.2) is 11.2 Å². The van der Waals surface area contributed by atoms with Gasteiger partial charge in [-0.1, -0.05) is 28.1 Å². The molecule has 0 aromatic carbocycles. The predicted molar refractivity (Wildman–Crippen MR) is 33.7 cm³/mol. The number of hydrogen-bond acceptors (Lipinski definition) is 0. The molecule has 0 saturated carbocycles. The van der Waals surface area contributed by atoms with E-state index in [9.17, 15) is 0 Å². The highest BCUT2D eigenvalue weighted by molar-refractivity contribution is 9.09. The van der Waals surface area contributed by atoms with Crippen molar-refractivity contribution in [1.82, 2.24) is 0 Å². The van der Waals surface area contributed by atoms with E-state index in [0.717, 1.165) is 10.9 Å². The standard InChI is InChI=1S/C4H6BrCl/c1-4(2-5)3-6/h1-3H2. The van der Waals surface area contributed by atoms with Crippen molar-refractivity contribution in [3.8, 4) is 0 Å². The Morgan fingerprint density at radius 1 is 1.83 bits per heavy atom. The average molecular weight is 169 g/mol. The molecule has 0 aliphatic carbocycles. The molecule has 0 atom stereocenters. The van der Waals surface area contributed by atoms with E-state index in [4.69, 9.17) is 11.6 Å². The Kier molecular flexibility index (Phi) is 4.01. The zero-order valence-corrected chi connectivity index (χ0v) is 5.72. The second kappa shape index (κ2) is 3.69. The van der Waals surface area contributed by atoms with Crippen LogP contribution in [0.2, 0.25) is 0 Å². The maximum atomic E-state index is 5.32. The SMILES string of the molecule is C=C(CCl)CBr. The summed E-state index contributed by atoms with van der Waals surface area (Å²) in [6.07, 6.45) is 0. The van der Waals surface area contributed by atoms with Gasteiger partial charge in [0.1, 0.15) is 0 Å². The molecule has 0 aromatic heterocycles. The zero-order valence-electron chi connectivity index (χ0n) is 3.38. The summed E-state index contributed by atoms with van der Waals surface area (Å²) in [6.45, 7) is 3.61. The minimum absolute atomic E-state index is 0.561. The molecule has 36 valence electrons. The van der Waals surface area contributed by atoms with Crippen LogP contribution in [0, 0.1) is 0 Å². The first-order valence-corrected chi connectivity index (χ1v) is 3.25. The fourth-order valence-corrected chi connectivity index (χ4v) is 0.557. The Labute approximate surface area is 51.3 Å². The highest BCUT2D eigenvalue weighted by atomic mass is 79.9. The van der Waals surface area contributed by atoms with Crippen molar-refractivity contribution in [1.29, 1.82) is 0 Å². The number of allylic oxidation sites excluding steroid dienone is 1. The largest absolute Gasteiger partial charge is 0.122 e. The summed E-state index contributed by atoms with van der Waals surface area (Å²) in [5.41, 5.74) is 1.02. The predicted octanol–water partition coefficient (Wildman–Crippen LogP) is 2.18. The van der Waals surface area contributed by atoms with Crippen LogP contribution in [0.1, 0.15) is 0 Å². The Morgan fingerprint density at radius 3 is 2.33 bits per heavy atom. The van der Waals surface area contributed by atoms with E-state index < -0.39 is 0 Å². The van der Waals surface area contributed by atoms with Gasteiger partial charge >= 0.3 is 0 Å². The summed E-state index contributed by atoms with van der Waals surface area (Å²) < 4.78 is 0. The zero-order chi connectivity index (χ0) is 4.99. The first kappa shape index (κ1) is 6.51. The van der Waals surface area contributed by atoms with Crippen molar-refractivity contribution in [2.45, 2.75) is 0 Å². The second-order valence-corrected chi connectivity index (χ2v) is 1.85. The molecule has 0 amide bonds. The molecule has 0 nitrogen and oxygen atoms in total. The summed E-state index contributed by atoms with van der Waals surface area (Å²) >= 11 is 8.51. The fourth-order valence-electron chi connectivity index (χ4n) is 0.0357. The van der Waals surface area contributed by atoms with Gasteiger partial charge in [0.25, 0.3) is 0 Å². The molecular weight excluding hydrogens is 163 g/mol. The lowest BCUT2D eigenvalue weighted by molar-refractivity contribution is 1.46. The number of hydrogen-bond donors (Lipinski definition) is 0. The second-order valence-electron chi connectivity index (χ2n) is 1.02. The fraction of sp³-hybridized carbons (Fsp3) is 0.500. The minimum Gasteiger partial charge on any atom is -0.122 e. The molecule has 0 bridgehead atoms. The van der Waals surface area contributed by atoms with Crippen LogP contribution < -0.4 is 0 Å². The lowest BCUT2D eigenvalue weighted by Gasteiger charge is -1.85. The maximum Gasteiger partial charge on any atom is 0.0439 e. The molecule has 0 spiro atoms. The Bertz CT molecular complexity index is 45.5. The van der Waals surface area contributed by atoms with Crippen LogP contribution in [0.4, 0.5) is 0 Å². The normalized spacial score (nSPS) is 8.33. The summed E-state index contributed by atoms with van der Waals surface area (Å²) in [5.74, 6) is 0.561. The van der Waals surface area contributed by atoms with E-state index >= 15 is 0 Å². The third kappa shape index (κ3) is 2.73. The van der Waals surface area contributed by atoms with Gasteiger partial charge in [0.2, 0.25) is 0 Å². The molecule has 0 rings (SSSR count). The van der Waals surface area contributed by atoms with Crippen LogP contribution in [-0.2, 0) is 0 Å². The number of halogens is 2.